The van der Waals surface area contributed by atoms with Crippen LogP contribution in [0, 0.1) is 3.57 Å². The Morgan fingerprint density at radius 2 is 2.00 bits per heavy atom. The molecule has 0 amide bonds. The molecule has 106 valence electrons. The molecule has 0 fully saturated rings. The maximum atomic E-state index is 6.22. The lowest BCUT2D eigenvalue weighted by molar-refractivity contribution is 0.414. The van der Waals surface area contributed by atoms with Crippen molar-refractivity contribution in [2.24, 2.45) is 0 Å². The van der Waals surface area contributed by atoms with E-state index >= 15 is 0 Å². The lowest BCUT2D eigenvalue weighted by atomic mass is 9.99. The molecule has 0 aliphatic heterocycles. The van der Waals surface area contributed by atoms with Gasteiger partial charge in [0.15, 0.2) is 0 Å². The van der Waals surface area contributed by atoms with Crippen LogP contribution in [0.25, 0.3) is 0 Å². The first-order valence-electron chi connectivity index (χ1n) is 6.02. The van der Waals surface area contributed by atoms with Gasteiger partial charge in [-0.15, -0.1) is 0 Å². The molecule has 2 aromatic carbocycles. The number of ether oxygens (including phenoxy) is 1. The Morgan fingerprint density at radius 1 is 1.25 bits per heavy atom. The molecule has 0 aromatic heterocycles. The minimum Gasteiger partial charge on any atom is -0.495 e. The third-order valence-corrected chi connectivity index (χ3v) is 4.76. The predicted octanol–water partition coefficient (Wildman–Crippen LogP) is 5.02. The molecule has 20 heavy (non-hydrogen) atoms. The number of rotatable bonds is 4. The molecule has 1 atom stereocenters. The van der Waals surface area contributed by atoms with Gasteiger partial charge in [0.25, 0.3) is 0 Å². The first-order chi connectivity index (χ1) is 9.56. The van der Waals surface area contributed by atoms with Gasteiger partial charge in [0, 0.05) is 8.04 Å². The van der Waals surface area contributed by atoms with Gasteiger partial charge >= 0.3 is 0 Å². The molecule has 2 rings (SSSR count). The van der Waals surface area contributed by atoms with Gasteiger partial charge in [-0.3, -0.25) is 0 Å². The Hall–Kier alpha value is -0.300. The molecular weight excluding hydrogens is 452 g/mol. The summed E-state index contributed by atoms with van der Waals surface area (Å²) < 4.78 is 7.47. The second kappa shape index (κ2) is 7.11. The largest absolute Gasteiger partial charge is 0.495 e. The maximum absolute atomic E-state index is 6.22. The van der Waals surface area contributed by atoms with Crippen LogP contribution in [0.15, 0.2) is 40.9 Å². The molecule has 2 nitrogen and oxygen atoms in total. The minimum atomic E-state index is 0.0718. The quantitative estimate of drug-likeness (QED) is 0.639. The summed E-state index contributed by atoms with van der Waals surface area (Å²) in [5, 5.41) is 3.95. The first-order valence-corrected chi connectivity index (χ1v) is 8.27. The highest BCUT2D eigenvalue weighted by Crippen LogP contribution is 2.33. The van der Waals surface area contributed by atoms with E-state index in [1.165, 1.54) is 9.13 Å². The first kappa shape index (κ1) is 16.1. The van der Waals surface area contributed by atoms with Gasteiger partial charge in [-0.05, 0) is 71.1 Å². The smallest absolute Gasteiger partial charge is 0.137 e. The average Bonchev–Trinajstić information content (AvgIpc) is 2.44. The topological polar surface area (TPSA) is 21.3 Å². The van der Waals surface area contributed by atoms with E-state index in [2.05, 4.69) is 62.0 Å². The highest BCUT2D eigenvalue weighted by atomic mass is 127. The molecule has 1 N–H and O–H groups in total. The van der Waals surface area contributed by atoms with Crippen molar-refractivity contribution in [1.82, 2.24) is 5.32 Å². The Bertz CT molecular complexity index is 621. The lowest BCUT2D eigenvalue weighted by Gasteiger charge is -2.20. The molecular formula is C15H14BrClINO. The van der Waals surface area contributed by atoms with E-state index < -0.39 is 0 Å². The van der Waals surface area contributed by atoms with Crippen molar-refractivity contribution in [1.29, 1.82) is 0 Å². The summed E-state index contributed by atoms with van der Waals surface area (Å²) in [5.74, 6) is 0.687. The van der Waals surface area contributed by atoms with E-state index in [0.717, 1.165) is 10.0 Å². The fraction of sp³-hybridized carbons (Fsp3) is 0.200. The molecule has 0 radical (unpaired) electrons. The van der Waals surface area contributed by atoms with Crippen LogP contribution >= 0.6 is 50.1 Å². The summed E-state index contributed by atoms with van der Waals surface area (Å²) >= 11 is 12.2. The summed E-state index contributed by atoms with van der Waals surface area (Å²) in [7, 11) is 3.56. The highest BCUT2D eigenvalue weighted by molar-refractivity contribution is 14.1. The van der Waals surface area contributed by atoms with E-state index in [-0.39, 0.29) is 6.04 Å². The van der Waals surface area contributed by atoms with Crippen molar-refractivity contribution in [3.05, 3.63) is 60.6 Å². The van der Waals surface area contributed by atoms with Crippen molar-refractivity contribution in [3.63, 3.8) is 0 Å². The zero-order valence-electron chi connectivity index (χ0n) is 11.1. The third kappa shape index (κ3) is 3.47. The molecule has 2 aromatic rings. The van der Waals surface area contributed by atoms with Crippen LogP contribution in [-0.2, 0) is 0 Å². The summed E-state index contributed by atoms with van der Waals surface area (Å²) in [6.07, 6.45) is 0. The summed E-state index contributed by atoms with van der Waals surface area (Å²) in [6.45, 7) is 0. The summed E-state index contributed by atoms with van der Waals surface area (Å²) in [5.41, 5.74) is 2.28. The van der Waals surface area contributed by atoms with Gasteiger partial charge in [0.1, 0.15) is 5.75 Å². The number of benzene rings is 2. The molecule has 0 aliphatic carbocycles. The van der Waals surface area contributed by atoms with Crippen LogP contribution in [0.3, 0.4) is 0 Å². The zero-order chi connectivity index (χ0) is 14.7. The molecule has 5 heteroatoms. The summed E-state index contributed by atoms with van der Waals surface area (Å²) in [6, 6.07) is 12.2. The van der Waals surface area contributed by atoms with Crippen molar-refractivity contribution >= 4 is 50.1 Å². The van der Waals surface area contributed by atoms with Crippen molar-refractivity contribution in [3.8, 4) is 5.75 Å². The van der Waals surface area contributed by atoms with Crippen LogP contribution in [0.2, 0.25) is 5.02 Å². The third-order valence-electron chi connectivity index (χ3n) is 3.07. The predicted molar refractivity (Wildman–Crippen MR) is 95.8 cm³/mol. The van der Waals surface area contributed by atoms with Gasteiger partial charge in [0.05, 0.1) is 18.2 Å². The lowest BCUT2D eigenvalue weighted by Crippen LogP contribution is -2.18. The Kier molecular flexibility index (Phi) is 5.72. The SMILES string of the molecule is CNC(c1ccc(OC)c(Cl)c1)c1cc(I)ccc1Br. The van der Waals surface area contributed by atoms with Crippen LogP contribution in [0.1, 0.15) is 17.2 Å². The highest BCUT2D eigenvalue weighted by Gasteiger charge is 2.16. The zero-order valence-corrected chi connectivity index (χ0v) is 15.6. The van der Waals surface area contributed by atoms with Gasteiger partial charge < -0.3 is 10.1 Å². The fourth-order valence-electron chi connectivity index (χ4n) is 2.10. The normalized spacial score (nSPS) is 12.2. The number of hydrogen-bond acceptors (Lipinski definition) is 2. The van der Waals surface area contributed by atoms with Crippen molar-refractivity contribution < 1.29 is 4.74 Å². The molecule has 0 spiro atoms. The number of halogens is 3. The van der Waals surface area contributed by atoms with E-state index in [1.54, 1.807) is 7.11 Å². The second-order valence-electron chi connectivity index (χ2n) is 4.28. The molecule has 0 bridgehead atoms. The van der Waals surface area contributed by atoms with E-state index in [9.17, 15) is 0 Å². The molecule has 1 unspecified atom stereocenters. The Labute approximate surface area is 146 Å². The van der Waals surface area contributed by atoms with Crippen molar-refractivity contribution in [2.75, 3.05) is 14.2 Å². The van der Waals surface area contributed by atoms with Gasteiger partial charge in [0.2, 0.25) is 0 Å². The van der Waals surface area contributed by atoms with Crippen LogP contribution in [0.4, 0.5) is 0 Å². The van der Waals surface area contributed by atoms with Crippen LogP contribution in [0.5, 0.6) is 5.75 Å². The van der Waals surface area contributed by atoms with Gasteiger partial charge in [-0.1, -0.05) is 33.6 Å². The van der Waals surface area contributed by atoms with Crippen LogP contribution < -0.4 is 10.1 Å². The minimum absolute atomic E-state index is 0.0718. The fourth-order valence-corrected chi connectivity index (χ4v) is 3.36. The maximum Gasteiger partial charge on any atom is 0.137 e. The van der Waals surface area contributed by atoms with E-state index in [4.69, 9.17) is 16.3 Å². The second-order valence-corrected chi connectivity index (χ2v) is 6.79. The standard InChI is InChI=1S/C15H14BrClINO/c1-19-15(11-8-10(18)4-5-12(11)16)9-3-6-14(20-2)13(17)7-9/h3-8,15,19H,1-2H3. The van der Waals surface area contributed by atoms with Crippen molar-refractivity contribution in [2.45, 2.75) is 6.04 Å². The number of methoxy groups -OCH3 is 1. The number of nitrogens with one attached hydrogen (secondary N) is 1. The molecule has 0 saturated carbocycles. The Balaban J connectivity index is 2.46. The Morgan fingerprint density at radius 3 is 2.60 bits per heavy atom. The molecule has 0 saturated heterocycles. The van der Waals surface area contributed by atoms with E-state index in [1.807, 2.05) is 25.2 Å². The van der Waals surface area contributed by atoms with Crippen LogP contribution in [-0.4, -0.2) is 14.2 Å². The van der Waals surface area contributed by atoms with Gasteiger partial charge in [-0.25, -0.2) is 0 Å². The number of hydrogen-bond donors (Lipinski definition) is 1. The van der Waals surface area contributed by atoms with Gasteiger partial charge in [-0.2, -0.15) is 0 Å². The molecule has 0 aliphatic rings. The average molecular weight is 467 g/mol. The molecule has 0 heterocycles. The monoisotopic (exact) mass is 465 g/mol. The summed E-state index contributed by atoms with van der Waals surface area (Å²) in [4.78, 5) is 0. The van der Waals surface area contributed by atoms with E-state index in [0.29, 0.717) is 10.8 Å².